The van der Waals surface area contributed by atoms with Crippen molar-refractivity contribution in [3.05, 3.63) is 5.01 Å². The molecule has 2 N–H and O–H groups in total. The van der Waals surface area contributed by atoms with Crippen LogP contribution in [0.25, 0.3) is 0 Å². The fourth-order valence-electron chi connectivity index (χ4n) is 0.975. The van der Waals surface area contributed by atoms with Gasteiger partial charge in [-0.05, 0) is 6.42 Å². The fraction of sp³-hybridized carbons (Fsp3) is 0.500. The summed E-state index contributed by atoms with van der Waals surface area (Å²) in [6, 6.07) is 0. The van der Waals surface area contributed by atoms with Crippen molar-refractivity contribution in [1.82, 2.24) is 10.2 Å². The number of carbonyl (C=O) groups is 2. The number of hydrogen-bond donors (Lipinski definition) is 1. The van der Waals surface area contributed by atoms with E-state index in [4.69, 9.17) is 0 Å². The van der Waals surface area contributed by atoms with Crippen LogP contribution < -0.4 is 5.73 Å². The van der Waals surface area contributed by atoms with Gasteiger partial charge in [0.05, 0.1) is 5.75 Å². The van der Waals surface area contributed by atoms with E-state index >= 15 is 0 Å². The third kappa shape index (κ3) is 3.74. The minimum atomic E-state index is -3.54. The highest BCUT2D eigenvalue weighted by atomic mass is 32.2. The summed E-state index contributed by atoms with van der Waals surface area (Å²) in [5, 5.41) is 6.42. The van der Waals surface area contributed by atoms with Gasteiger partial charge in [-0.3, -0.25) is 0 Å². The smallest absolute Gasteiger partial charge is 0.371 e. The van der Waals surface area contributed by atoms with E-state index in [-0.39, 0.29) is 15.1 Å². The molecule has 1 aromatic heterocycles. The number of sulfone groups is 1. The number of ether oxygens (including phenoxy) is 1. The molecule has 0 saturated carbocycles. The normalized spacial score (nSPS) is 11.2. The third-order valence-electron chi connectivity index (χ3n) is 1.81. The van der Waals surface area contributed by atoms with E-state index in [9.17, 15) is 18.0 Å². The van der Waals surface area contributed by atoms with Crippen LogP contribution in [-0.2, 0) is 14.6 Å². The molecule has 8 nitrogen and oxygen atoms in total. The highest BCUT2D eigenvalue weighted by Gasteiger charge is 2.23. The lowest BCUT2D eigenvalue weighted by molar-refractivity contribution is 0.0637. The predicted molar refractivity (Wildman–Crippen MR) is 61.9 cm³/mol. The molecule has 100 valence electrons. The van der Waals surface area contributed by atoms with Crippen molar-refractivity contribution in [2.45, 2.75) is 24.1 Å². The Kier molecular flexibility index (Phi) is 4.73. The SMILES string of the molecule is CCCCS(=O)(=O)c1nnc(C(=O)OC(N)=O)s1. The van der Waals surface area contributed by atoms with Crippen LogP contribution in [0.15, 0.2) is 4.34 Å². The molecule has 1 aromatic rings. The molecule has 0 spiro atoms. The zero-order chi connectivity index (χ0) is 13.8. The molecule has 1 amide bonds. The fourth-order valence-corrected chi connectivity index (χ4v) is 3.43. The molecule has 1 heterocycles. The van der Waals surface area contributed by atoms with Crippen LogP contribution in [0.4, 0.5) is 4.79 Å². The zero-order valence-corrected chi connectivity index (χ0v) is 11.1. The topological polar surface area (TPSA) is 129 Å². The molecule has 0 unspecified atom stereocenters. The second-order valence-electron chi connectivity index (χ2n) is 3.25. The van der Waals surface area contributed by atoms with E-state index in [0.29, 0.717) is 24.2 Å². The second-order valence-corrected chi connectivity index (χ2v) is 6.51. The Hall–Kier alpha value is -1.55. The van der Waals surface area contributed by atoms with Crippen LogP contribution >= 0.6 is 11.3 Å². The summed E-state index contributed by atoms with van der Waals surface area (Å²) in [6.07, 6.45) is -0.0806. The van der Waals surface area contributed by atoms with Crippen LogP contribution in [0.2, 0.25) is 0 Å². The lowest BCUT2D eigenvalue weighted by Crippen LogP contribution is -2.18. The van der Waals surface area contributed by atoms with Crippen LogP contribution in [0.5, 0.6) is 0 Å². The molecule has 0 atom stereocenters. The number of aromatic nitrogens is 2. The van der Waals surface area contributed by atoms with E-state index in [1.165, 1.54) is 0 Å². The van der Waals surface area contributed by atoms with Crippen LogP contribution in [0.3, 0.4) is 0 Å². The number of nitrogens with zero attached hydrogens (tertiary/aromatic N) is 2. The first-order valence-corrected chi connectivity index (χ1v) is 7.41. The van der Waals surface area contributed by atoms with Gasteiger partial charge in [0.25, 0.3) is 0 Å². The molecule has 0 bridgehead atoms. The Morgan fingerprint density at radius 3 is 2.61 bits per heavy atom. The number of esters is 1. The standard InChI is InChI=1S/C8H11N3O5S2/c1-2-3-4-18(14,15)8-11-10-5(17-8)6(12)16-7(9)13/h2-4H2,1H3,(H2,9,13). The van der Waals surface area contributed by atoms with Gasteiger partial charge in [0.15, 0.2) is 0 Å². The summed E-state index contributed by atoms with van der Waals surface area (Å²) in [5.74, 6) is -1.18. The lowest BCUT2D eigenvalue weighted by Gasteiger charge is -1.96. The van der Waals surface area contributed by atoms with Gasteiger partial charge in [-0.25, -0.2) is 18.0 Å². The number of carbonyl (C=O) groups excluding carboxylic acids is 2. The second kappa shape index (κ2) is 5.87. The van der Waals surface area contributed by atoms with Gasteiger partial charge in [0.2, 0.25) is 19.2 Å². The molecule has 18 heavy (non-hydrogen) atoms. The minimum absolute atomic E-state index is 0.0665. The Morgan fingerprint density at radius 1 is 1.39 bits per heavy atom. The number of hydrogen-bond acceptors (Lipinski definition) is 8. The minimum Gasteiger partial charge on any atom is -0.371 e. The van der Waals surface area contributed by atoms with Crippen LogP contribution in [0, 0.1) is 0 Å². The lowest BCUT2D eigenvalue weighted by atomic mass is 10.4. The van der Waals surface area contributed by atoms with Crippen molar-refractivity contribution in [2.75, 3.05) is 5.75 Å². The Labute approximate surface area is 107 Å². The van der Waals surface area contributed by atoms with Crippen molar-refractivity contribution in [1.29, 1.82) is 0 Å². The average Bonchev–Trinajstić information content (AvgIpc) is 2.75. The first-order valence-electron chi connectivity index (χ1n) is 4.94. The van der Waals surface area contributed by atoms with Crippen LogP contribution in [-0.4, -0.2) is 36.4 Å². The number of nitrogens with two attached hydrogens (primary N) is 1. The maximum atomic E-state index is 11.7. The van der Waals surface area contributed by atoms with E-state index in [1.807, 2.05) is 6.92 Å². The first-order chi connectivity index (χ1) is 8.36. The molecule has 0 fully saturated rings. The van der Waals surface area contributed by atoms with Crippen molar-refractivity contribution >= 4 is 33.2 Å². The Bertz CT molecular complexity index is 551. The van der Waals surface area contributed by atoms with Gasteiger partial charge in [0, 0.05) is 0 Å². The maximum absolute atomic E-state index is 11.7. The van der Waals surface area contributed by atoms with Crippen molar-refractivity contribution in [2.24, 2.45) is 5.73 Å². The zero-order valence-electron chi connectivity index (χ0n) is 9.45. The Balaban J connectivity index is 2.86. The summed E-state index contributed by atoms with van der Waals surface area (Å²) in [7, 11) is -3.54. The summed E-state index contributed by atoms with van der Waals surface area (Å²) < 4.78 is 27.2. The van der Waals surface area contributed by atoms with Gasteiger partial charge >= 0.3 is 12.1 Å². The molecule has 0 aliphatic rings. The molecule has 0 radical (unpaired) electrons. The number of rotatable bonds is 5. The van der Waals surface area contributed by atoms with E-state index in [0.717, 1.165) is 0 Å². The molecular weight excluding hydrogens is 282 g/mol. The monoisotopic (exact) mass is 293 g/mol. The maximum Gasteiger partial charge on any atom is 0.412 e. The summed E-state index contributed by atoms with van der Waals surface area (Å²) >= 11 is 0.548. The van der Waals surface area contributed by atoms with E-state index in [2.05, 4.69) is 20.7 Å². The number of amides is 1. The summed E-state index contributed by atoms with van der Waals surface area (Å²) in [5.41, 5.74) is 4.65. The molecule has 0 aromatic carbocycles. The molecular formula is C8H11N3O5S2. The molecule has 0 saturated heterocycles. The summed E-state index contributed by atoms with van der Waals surface area (Å²) in [6.45, 7) is 1.85. The molecule has 1 rings (SSSR count). The number of unbranched alkanes of at least 4 members (excludes halogenated alkanes) is 1. The molecule has 0 aliphatic heterocycles. The Morgan fingerprint density at radius 2 is 2.06 bits per heavy atom. The van der Waals surface area contributed by atoms with Gasteiger partial charge in [-0.2, -0.15) is 0 Å². The average molecular weight is 293 g/mol. The largest absolute Gasteiger partial charge is 0.412 e. The predicted octanol–water partition coefficient (Wildman–Crippen LogP) is 0.347. The van der Waals surface area contributed by atoms with E-state index < -0.39 is 21.9 Å². The highest BCUT2D eigenvalue weighted by Crippen LogP contribution is 2.18. The van der Waals surface area contributed by atoms with Gasteiger partial charge in [0.1, 0.15) is 0 Å². The van der Waals surface area contributed by atoms with E-state index in [1.54, 1.807) is 0 Å². The van der Waals surface area contributed by atoms with Crippen molar-refractivity contribution in [3.63, 3.8) is 0 Å². The quantitative estimate of drug-likeness (QED) is 0.612. The molecule has 10 heteroatoms. The molecule has 0 aliphatic carbocycles. The van der Waals surface area contributed by atoms with Gasteiger partial charge in [-0.15, -0.1) is 10.2 Å². The third-order valence-corrected chi connectivity index (χ3v) is 4.96. The van der Waals surface area contributed by atoms with Gasteiger partial charge in [-0.1, -0.05) is 24.7 Å². The van der Waals surface area contributed by atoms with Gasteiger partial charge < -0.3 is 10.5 Å². The van der Waals surface area contributed by atoms with Crippen molar-refractivity contribution in [3.8, 4) is 0 Å². The first kappa shape index (κ1) is 14.5. The highest BCUT2D eigenvalue weighted by molar-refractivity contribution is 7.93. The summed E-state index contributed by atoms with van der Waals surface area (Å²) in [4.78, 5) is 21.5. The van der Waals surface area contributed by atoms with Crippen LogP contribution in [0.1, 0.15) is 29.6 Å². The number of primary amides is 1. The van der Waals surface area contributed by atoms with Crippen molar-refractivity contribution < 1.29 is 22.7 Å².